The SMILES string of the molecule is O=C(Nc1cnn(CC(F)F)c1)C1(O)CCCC1. The number of amides is 1. The van der Waals surface area contributed by atoms with Gasteiger partial charge in [-0.05, 0) is 25.7 Å². The van der Waals surface area contributed by atoms with Crippen LogP contribution < -0.4 is 5.32 Å². The number of aromatic nitrogens is 2. The number of carbonyl (C=O) groups excluding carboxylic acids is 1. The van der Waals surface area contributed by atoms with E-state index in [0.717, 1.165) is 17.5 Å². The Kier molecular flexibility index (Phi) is 3.60. The largest absolute Gasteiger partial charge is 0.380 e. The lowest BCUT2D eigenvalue weighted by Crippen LogP contribution is -2.40. The summed E-state index contributed by atoms with van der Waals surface area (Å²) in [5, 5.41) is 16.2. The number of alkyl halides is 2. The van der Waals surface area contributed by atoms with Gasteiger partial charge in [-0.25, -0.2) is 8.78 Å². The maximum Gasteiger partial charge on any atom is 0.257 e. The fourth-order valence-electron chi connectivity index (χ4n) is 2.10. The third-order valence-corrected chi connectivity index (χ3v) is 3.07. The fraction of sp³-hybridized carbons (Fsp3) is 0.636. The Hall–Kier alpha value is -1.50. The van der Waals surface area contributed by atoms with Crippen molar-refractivity contribution >= 4 is 11.6 Å². The monoisotopic (exact) mass is 259 g/mol. The van der Waals surface area contributed by atoms with Crippen molar-refractivity contribution in [3.63, 3.8) is 0 Å². The molecule has 0 spiro atoms. The van der Waals surface area contributed by atoms with E-state index in [0.29, 0.717) is 18.5 Å². The van der Waals surface area contributed by atoms with Gasteiger partial charge in [0.15, 0.2) is 0 Å². The van der Waals surface area contributed by atoms with Crippen LogP contribution in [0, 0.1) is 0 Å². The molecule has 2 N–H and O–H groups in total. The van der Waals surface area contributed by atoms with Crippen molar-refractivity contribution in [2.24, 2.45) is 0 Å². The predicted octanol–water partition coefficient (Wildman–Crippen LogP) is 1.39. The Morgan fingerprint density at radius 3 is 2.83 bits per heavy atom. The number of nitrogens with one attached hydrogen (secondary N) is 1. The zero-order valence-electron chi connectivity index (χ0n) is 9.77. The fourth-order valence-corrected chi connectivity index (χ4v) is 2.10. The number of rotatable bonds is 4. The topological polar surface area (TPSA) is 67.2 Å². The smallest absolute Gasteiger partial charge is 0.257 e. The number of carbonyl (C=O) groups is 1. The molecule has 1 aromatic rings. The van der Waals surface area contributed by atoms with Gasteiger partial charge >= 0.3 is 0 Å². The minimum Gasteiger partial charge on any atom is -0.380 e. The first-order valence-corrected chi connectivity index (χ1v) is 5.84. The molecular formula is C11H15F2N3O2. The molecule has 5 nitrogen and oxygen atoms in total. The van der Waals surface area contributed by atoms with Gasteiger partial charge in [-0.2, -0.15) is 5.10 Å². The Balaban J connectivity index is 1.96. The quantitative estimate of drug-likeness (QED) is 0.858. The van der Waals surface area contributed by atoms with Crippen LogP contribution in [0.5, 0.6) is 0 Å². The van der Waals surface area contributed by atoms with E-state index in [-0.39, 0.29) is 0 Å². The van der Waals surface area contributed by atoms with Crippen LogP contribution in [0.15, 0.2) is 12.4 Å². The summed E-state index contributed by atoms with van der Waals surface area (Å²) >= 11 is 0. The molecule has 7 heteroatoms. The average molecular weight is 259 g/mol. The molecule has 1 aromatic heterocycles. The normalized spacial score (nSPS) is 18.2. The van der Waals surface area contributed by atoms with E-state index in [4.69, 9.17) is 0 Å². The van der Waals surface area contributed by atoms with E-state index >= 15 is 0 Å². The number of nitrogens with zero attached hydrogens (tertiary/aromatic N) is 2. The van der Waals surface area contributed by atoms with Crippen molar-refractivity contribution in [3.05, 3.63) is 12.4 Å². The highest BCUT2D eigenvalue weighted by Gasteiger charge is 2.38. The van der Waals surface area contributed by atoms with Crippen LogP contribution in [0.25, 0.3) is 0 Å². The summed E-state index contributed by atoms with van der Waals surface area (Å²) in [6.07, 6.45) is 2.62. The molecule has 0 aromatic carbocycles. The number of aliphatic hydroxyl groups is 1. The molecular weight excluding hydrogens is 244 g/mol. The van der Waals surface area contributed by atoms with Crippen LogP contribution in [0.3, 0.4) is 0 Å². The van der Waals surface area contributed by atoms with Gasteiger partial charge in [0.05, 0.1) is 11.9 Å². The van der Waals surface area contributed by atoms with E-state index in [9.17, 15) is 18.7 Å². The second-order valence-corrected chi connectivity index (χ2v) is 4.53. The van der Waals surface area contributed by atoms with Crippen LogP contribution in [-0.2, 0) is 11.3 Å². The zero-order chi connectivity index (χ0) is 13.2. The van der Waals surface area contributed by atoms with Gasteiger partial charge in [0, 0.05) is 6.20 Å². The van der Waals surface area contributed by atoms with Crippen molar-refractivity contribution in [2.45, 2.75) is 44.3 Å². The van der Waals surface area contributed by atoms with Crippen molar-refractivity contribution in [3.8, 4) is 0 Å². The summed E-state index contributed by atoms with van der Waals surface area (Å²) in [4.78, 5) is 11.8. The Labute approximate surface area is 103 Å². The van der Waals surface area contributed by atoms with Crippen molar-refractivity contribution in [2.75, 3.05) is 5.32 Å². The molecule has 100 valence electrons. The highest BCUT2D eigenvalue weighted by Crippen LogP contribution is 2.30. The van der Waals surface area contributed by atoms with Gasteiger partial charge in [-0.1, -0.05) is 0 Å². The third-order valence-electron chi connectivity index (χ3n) is 3.07. The van der Waals surface area contributed by atoms with E-state index in [2.05, 4.69) is 10.4 Å². The van der Waals surface area contributed by atoms with Gasteiger partial charge in [-0.3, -0.25) is 9.48 Å². The molecule has 1 fully saturated rings. The van der Waals surface area contributed by atoms with Crippen LogP contribution in [0.4, 0.5) is 14.5 Å². The zero-order valence-corrected chi connectivity index (χ0v) is 9.77. The van der Waals surface area contributed by atoms with Gasteiger partial charge < -0.3 is 10.4 Å². The first kappa shape index (κ1) is 12.9. The van der Waals surface area contributed by atoms with Gasteiger partial charge in [-0.15, -0.1) is 0 Å². The third kappa shape index (κ3) is 2.84. The maximum atomic E-state index is 12.1. The molecule has 0 unspecified atom stereocenters. The lowest BCUT2D eigenvalue weighted by atomic mass is 10.0. The van der Waals surface area contributed by atoms with Crippen LogP contribution in [0.1, 0.15) is 25.7 Å². The van der Waals surface area contributed by atoms with E-state index in [1.807, 2.05) is 0 Å². The highest BCUT2D eigenvalue weighted by atomic mass is 19.3. The summed E-state index contributed by atoms with van der Waals surface area (Å²) in [6.45, 7) is -0.514. The Morgan fingerprint density at radius 1 is 1.56 bits per heavy atom. The summed E-state index contributed by atoms with van der Waals surface area (Å²) in [5.41, 5.74) is -1.01. The number of hydrogen-bond acceptors (Lipinski definition) is 3. The van der Waals surface area contributed by atoms with Gasteiger partial charge in [0.25, 0.3) is 12.3 Å². The molecule has 18 heavy (non-hydrogen) atoms. The van der Waals surface area contributed by atoms with Crippen LogP contribution in [0.2, 0.25) is 0 Å². The maximum absolute atomic E-state index is 12.1. The van der Waals surface area contributed by atoms with Gasteiger partial charge in [0.2, 0.25) is 0 Å². The summed E-state index contributed by atoms with van der Waals surface area (Å²) < 4.78 is 25.3. The molecule has 0 radical (unpaired) electrons. The summed E-state index contributed by atoms with van der Waals surface area (Å²) in [5.74, 6) is -0.489. The first-order valence-electron chi connectivity index (χ1n) is 5.84. The Morgan fingerprint density at radius 2 is 2.22 bits per heavy atom. The minimum atomic E-state index is -2.49. The predicted molar refractivity (Wildman–Crippen MR) is 60.3 cm³/mol. The molecule has 0 bridgehead atoms. The first-order chi connectivity index (χ1) is 8.49. The van der Waals surface area contributed by atoms with Crippen LogP contribution >= 0.6 is 0 Å². The van der Waals surface area contributed by atoms with Gasteiger partial charge in [0.1, 0.15) is 12.1 Å². The molecule has 0 saturated heterocycles. The molecule has 0 atom stereocenters. The lowest BCUT2D eigenvalue weighted by Gasteiger charge is -2.20. The standard InChI is InChI=1S/C11H15F2N3O2/c12-9(13)7-16-6-8(5-14-16)15-10(17)11(18)3-1-2-4-11/h5-6,9,18H,1-4,7H2,(H,15,17). The van der Waals surface area contributed by atoms with E-state index in [1.54, 1.807) is 0 Å². The summed E-state index contributed by atoms with van der Waals surface area (Å²) in [6, 6.07) is 0. The number of halogens is 2. The molecule has 2 rings (SSSR count). The van der Waals surface area contributed by atoms with Crippen molar-refractivity contribution in [1.29, 1.82) is 0 Å². The van der Waals surface area contributed by atoms with Crippen molar-refractivity contribution < 1.29 is 18.7 Å². The molecule has 1 saturated carbocycles. The molecule has 1 heterocycles. The van der Waals surface area contributed by atoms with Crippen LogP contribution in [-0.4, -0.2) is 32.8 Å². The molecule has 1 aliphatic rings. The Bertz CT molecular complexity index is 428. The van der Waals surface area contributed by atoms with Crippen molar-refractivity contribution in [1.82, 2.24) is 9.78 Å². The number of hydrogen-bond donors (Lipinski definition) is 2. The average Bonchev–Trinajstić information content (AvgIpc) is 2.88. The molecule has 1 aliphatic carbocycles. The van der Waals surface area contributed by atoms with E-state index in [1.165, 1.54) is 12.4 Å². The van der Waals surface area contributed by atoms with E-state index < -0.39 is 24.5 Å². The number of anilines is 1. The molecule has 1 amide bonds. The summed E-state index contributed by atoms with van der Waals surface area (Å²) in [7, 11) is 0. The highest BCUT2D eigenvalue weighted by molar-refractivity contribution is 5.97. The molecule has 0 aliphatic heterocycles. The second kappa shape index (κ2) is 5.01. The minimum absolute atomic E-state index is 0.320. The second-order valence-electron chi connectivity index (χ2n) is 4.53. The lowest BCUT2D eigenvalue weighted by molar-refractivity contribution is -0.133.